The van der Waals surface area contributed by atoms with Crippen LogP contribution >= 0.6 is 34.8 Å². The minimum absolute atomic E-state index is 0.00722. The zero-order valence-corrected chi connectivity index (χ0v) is 8.96. The van der Waals surface area contributed by atoms with Crippen LogP contribution in [0.5, 0.6) is 0 Å². The molecule has 0 aromatic carbocycles. The van der Waals surface area contributed by atoms with Crippen LogP contribution in [0, 0.1) is 0 Å². The van der Waals surface area contributed by atoms with Gasteiger partial charge in [-0.05, 0) is 6.92 Å². The van der Waals surface area contributed by atoms with Crippen molar-refractivity contribution in [2.75, 3.05) is 19.8 Å². The van der Waals surface area contributed by atoms with Crippen LogP contribution in [-0.4, -0.2) is 29.4 Å². The molecule has 0 amide bonds. The Morgan fingerprint density at radius 2 is 2.08 bits per heavy atom. The van der Waals surface area contributed by atoms with Crippen LogP contribution in [0.3, 0.4) is 0 Å². The molecule has 0 saturated heterocycles. The third-order valence-electron chi connectivity index (χ3n) is 1.01. The van der Waals surface area contributed by atoms with Gasteiger partial charge in [-0.1, -0.05) is 34.8 Å². The highest BCUT2D eigenvalue weighted by Gasteiger charge is 2.24. The number of hydrogen-bond donors (Lipinski definition) is 1. The molecular weight excluding hydrogens is 222 g/mol. The van der Waals surface area contributed by atoms with Crippen LogP contribution in [0.2, 0.25) is 0 Å². The third-order valence-corrected chi connectivity index (χ3v) is 1.59. The van der Waals surface area contributed by atoms with Crippen molar-refractivity contribution >= 4 is 40.6 Å². The standard InChI is InChI=1S/C6H11Cl3N2O/c1-2-12-4-3-11-5(10)6(7,8)9/h2-4H2,1H3,(H2,10,11). The summed E-state index contributed by atoms with van der Waals surface area (Å²) >= 11 is 16.3. The van der Waals surface area contributed by atoms with Crippen molar-refractivity contribution in [1.29, 1.82) is 0 Å². The largest absolute Gasteiger partial charge is 0.384 e. The lowest BCUT2D eigenvalue weighted by atomic mass is 10.6. The number of aliphatic imine (C=N–C) groups is 1. The molecule has 72 valence electrons. The molecule has 0 aromatic rings. The summed E-state index contributed by atoms with van der Waals surface area (Å²) in [4.78, 5) is 3.81. The number of ether oxygens (including phenoxy) is 1. The summed E-state index contributed by atoms with van der Waals surface area (Å²) in [5.74, 6) is -0.00722. The van der Waals surface area contributed by atoms with Gasteiger partial charge in [-0.15, -0.1) is 0 Å². The molecule has 12 heavy (non-hydrogen) atoms. The van der Waals surface area contributed by atoms with E-state index in [4.69, 9.17) is 45.3 Å². The van der Waals surface area contributed by atoms with E-state index in [1.54, 1.807) is 0 Å². The molecule has 3 nitrogen and oxygen atoms in total. The molecule has 0 rings (SSSR count). The zero-order chi connectivity index (χ0) is 9.61. The zero-order valence-electron chi connectivity index (χ0n) is 6.69. The van der Waals surface area contributed by atoms with Crippen molar-refractivity contribution in [1.82, 2.24) is 0 Å². The summed E-state index contributed by atoms with van der Waals surface area (Å²) in [5.41, 5.74) is 5.33. The summed E-state index contributed by atoms with van der Waals surface area (Å²) in [6.07, 6.45) is 0. The Hall–Kier alpha value is 0.300. The molecule has 0 fully saturated rings. The molecule has 6 heteroatoms. The number of rotatable bonds is 4. The van der Waals surface area contributed by atoms with Gasteiger partial charge in [-0.25, -0.2) is 0 Å². The summed E-state index contributed by atoms with van der Waals surface area (Å²) < 4.78 is 3.40. The van der Waals surface area contributed by atoms with Gasteiger partial charge in [0, 0.05) is 6.61 Å². The first-order valence-electron chi connectivity index (χ1n) is 3.43. The van der Waals surface area contributed by atoms with Crippen LogP contribution < -0.4 is 5.73 Å². The van der Waals surface area contributed by atoms with E-state index >= 15 is 0 Å². The molecule has 0 aliphatic rings. The Balaban J connectivity index is 3.70. The Morgan fingerprint density at radius 1 is 1.50 bits per heavy atom. The molecule has 0 radical (unpaired) electrons. The van der Waals surface area contributed by atoms with Crippen LogP contribution in [0.25, 0.3) is 0 Å². The minimum Gasteiger partial charge on any atom is -0.384 e. The molecule has 2 N–H and O–H groups in total. The average Bonchev–Trinajstić information content (AvgIpc) is 1.96. The second-order valence-electron chi connectivity index (χ2n) is 1.96. The van der Waals surface area contributed by atoms with Gasteiger partial charge in [0.05, 0.1) is 13.2 Å². The Labute approximate surface area is 86.8 Å². The van der Waals surface area contributed by atoms with E-state index in [2.05, 4.69) is 4.99 Å². The predicted molar refractivity (Wildman–Crippen MR) is 53.3 cm³/mol. The van der Waals surface area contributed by atoms with Gasteiger partial charge in [0.2, 0.25) is 3.79 Å². The van der Waals surface area contributed by atoms with Gasteiger partial charge in [-0.2, -0.15) is 0 Å². The molecule has 0 aromatic heterocycles. The highest BCUT2D eigenvalue weighted by Crippen LogP contribution is 2.25. The van der Waals surface area contributed by atoms with E-state index in [1.165, 1.54) is 0 Å². The highest BCUT2D eigenvalue weighted by molar-refractivity contribution is 6.76. The second-order valence-corrected chi connectivity index (χ2v) is 4.24. The number of halogens is 3. The quantitative estimate of drug-likeness (QED) is 0.348. The minimum atomic E-state index is -1.60. The van der Waals surface area contributed by atoms with E-state index in [9.17, 15) is 0 Å². The first-order chi connectivity index (χ1) is 5.48. The summed E-state index contributed by atoms with van der Waals surface area (Å²) in [7, 11) is 0. The van der Waals surface area contributed by atoms with Crippen molar-refractivity contribution in [3.63, 3.8) is 0 Å². The number of nitrogens with two attached hydrogens (primary N) is 1. The highest BCUT2D eigenvalue weighted by atomic mass is 35.6. The van der Waals surface area contributed by atoms with Gasteiger partial charge in [0.15, 0.2) is 0 Å². The molecule has 0 saturated carbocycles. The average molecular weight is 234 g/mol. The lowest BCUT2D eigenvalue weighted by molar-refractivity contribution is 0.156. The number of amidine groups is 1. The second kappa shape index (κ2) is 5.86. The van der Waals surface area contributed by atoms with E-state index in [1.807, 2.05) is 6.92 Å². The molecule has 0 bridgehead atoms. The van der Waals surface area contributed by atoms with Gasteiger partial charge in [-0.3, -0.25) is 4.99 Å². The summed E-state index contributed by atoms with van der Waals surface area (Å²) in [5, 5.41) is 0. The van der Waals surface area contributed by atoms with Gasteiger partial charge in [0.25, 0.3) is 0 Å². The van der Waals surface area contributed by atoms with Crippen LogP contribution in [0.15, 0.2) is 4.99 Å². The Kier molecular flexibility index (Phi) is 6.01. The maximum atomic E-state index is 5.43. The van der Waals surface area contributed by atoms with Crippen molar-refractivity contribution in [2.45, 2.75) is 10.7 Å². The van der Waals surface area contributed by atoms with Crippen molar-refractivity contribution in [2.24, 2.45) is 10.7 Å². The fourth-order valence-electron chi connectivity index (χ4n) is 0.465. The maximum absolute atomic E-state index is 5.43. The monoisotopic (exact) mass is 232 g/mol. The Bertz CT molecular complexity index is 155. The lowest BCUT2D eigenvalue weighted by Gasteiger charge is -2.09. The first-order valence-corrected chi connectivity index (χ1v) is 4.56. The third kappa shape index (κ3) is 5.89. The molecule has 0 unspecified atom stereocenters. The summed E-state index contributed by atoms with van der Waals surface area (Å²) in [6, 6.07) is 0. The van der Waals surface area contributed by atoms with E-state index in [0.717, 1.165) is 0 Å². The van der Waals surface area contributed by atoms with Crippen molar-refractivity contribution < 1.29 is 4.74 Å². The van der Waals surface area contributed by atoms with Crippen molar-refractivity contribution in [3.05, 3.63) is 0 Å². The van der Waals surface area contributed by atoms with Gasteiger partial charge < -0.3 is 10.5 Å². The molecule has 0 atom stereocenters. The van der Waals surface area contributed by atoms with Crippen LogP contribution in [-0.2, 0) is 4.74 Å². The molecule has 0 aliphatic heterocycles. The lowest BCUT2D eigenvalue weighted by Crippen LogP contribution is -2.28. The maximum Gasteiger partial charge on any atom is 0.247 e. The summed E-state index contributed by atoms with van der Waals surface area (Å²) in [6.45, 7) is 3.43. The number of alkyl halides is 3. The Morgan fingerprint density at radius 3 is 2.50 bits per heavy atom. The number of hydrogen-bond acceptors (Lipinski definition) is 2. The molecule has 0 heterocycles. The fraction of sp³-hybridized carbons (Fsp3) is 0.833. The van der Waals surface area contributed by atoms with Gasteiger partial charge >= 0.3 is 0 Å². The van der Waals surface area contributed by atoms with Crippen LogP contribution in [0.1, 0.15) is 6.92 Å². The molecule has 0 spiro atoms. The number of nitrogens with zero attached hydrogens (tertiary/aromatic N) is 1. The van der Waals surface area contributed by atoms with E-state index in [-0.39, 0.29) is 5.84 Å². The van der Waals surface area contributed by atoms with Crippen molar-refractivity contribution in [3.8, 4) is 0 Å². The van der Waals surface area contributed by atoms with E-state index < -0.39 is 3.79 Å². The van der Waals surface area contributed by atoms with E-state index in [0.29, 0.717) is 19.8 Å². The predicted octanol–water partition coefficient (Wildman–Crippen LogP) is 1.75. The van der Waals surface area contributed by atoms with Crippen LogP contribution in [0.4, 0.5) is 0 Å². The smallest absolute Gasteiger partial charge is 0.247 e. The fourth-order valence-corrected chi connectivity index (χ4v) is 0.644. The molecular formula is C6H11Cl3N2O. The molecule has 0 aliphatic carbocycles. The SMILES string of the molecule is CCOCCN=C(N)C(Cl)(Cl)Cl. The van der Waals surface area contributed by atoms with Gasteiger partial charge in [0.1, 0.15) is 5.84 Å². The first kappa shape index (κ1) is 12.3. The normalized spacial score (nSPS) is 13.5. The topological polar surface area (TPSA) is 47.6 Å².